The molecule has 0 aliphatic rings. The van der Waals surface area contributed by atoms with Crippen molar-refractivity contribution in [2.75, 3.05) is 0 Å². The van der Waals surface area contributed by atoms with Crippen LogP contribution in [-0.2, 0) is 0 Å². The van der Waals surface area contributed by atoms with Crippen molar-refractivity contribution in [3.63, 3.8) is 0 Å². The van der Waals surface area contributed by atoms with Gasteiger partial charge in [-0.1, -0.05) is 49.5 Å². The van der Waals surface area contributed by atoms with E-state index in [4.69, 9.17) is 17.4 Å². The number of hydrogen-bond acceptors (Lipinski definition) is 2. The van der Waals surface area contributed by atoms with E-state index in [1.54, 1.807) is 12.1 Å². The molecule has 3 N–H and O–H groups in total. The summed E-state index contributed by atoms with van der Waals surface area (Å²) in [5.41, 5.74) is 3.90. The van der Waals surface area contributed by atoms with Gasteiger partial charge in [0.05, 0.1) is 6.04 Å². The monoisotopic (exact) mass is 406 g/mol. The van der Waals surface area contributed by atoms with Crippen molar-refractivity contribution < 1.29 is 4.39 Å². The summed E-state index contributed by atoms with van der Waals surface area (Å²) in [6.07, 6.45) is 0. The van der Waals surface area contributed by atoms with Crippen LogP contribution in [0.4, 0.5) is 4.39 Å². The SMILES string of the molecule is NNC(c1ccc(Cl)cc1F)c1cc(Br)ccc1Br. The predicted molar refractivity (Wildman–Crippen MR) is 82.4 cm³/mol. The number of halogens is 4. The van der Waals surface area contributed by atoms with E-state index in [-0.39, 0.29) is 0 Å². The van der Waals surface area contributed by atoms with E-state index in [2.05, 4.69) is 37.3 Å². The summed E-state index contributed by atoms with van der Waals surface area (Å²) < 4.78 is 15.7. The first-order valence-electron chi connectivity index (χ1n) is 5.39. The van der Waals surface area contributed by atoms with E-state index in [1.807, 2.05) is 18.2 Å². The number of benzene rings is 2. The number of rotatable bonds is 3. The standard InChI is InChI=1S/C13H10Br2ClFN2/c14-7-1-4-11(15)10(5-7)13(19-18)9-3-2-8(16)6-12(9)17/h1-6,13,19H,18H2. The van der Waals surface area contributed by atoms with E-state index >= 15 is 0 Å². The Morgan fingerprint density at radius 1 is 1.11 bits per heavy atom. The number of nitrogens with one attached hydrogen (secondary N) is 1. The minimum absolute atomic E-state index is 0.352. The Hall–Kier alpha value is -0.460. The van der Waals surface area contributed by atoms with Crippen LogP contribution in [0.3, 0.4) is 0 Å². The number of hydrazine groups is 1. The molecule has 1 atom stereocenters. The molecular formula is C13H10Br2ClFN2. The summed E-state index contributed by atoms with van der Waals surface area (Å²) in [6.45, 7) is 0. The van der Waals surface area contributed by atoms with E-state index in [1.165, 1.54) is 6.07 Å². The van der Waals surface area contributed by atoms with Gasteiger partial charge in [0, 0.05) is 19.5 Å². The van der Waals surface area contributed by atoms with Crippen LogP contribution in [0, 0.1) is 5.82 Å². The minimum atomic E-state index is -0.468. The molecule has 0 bridgehead atoms. The summed E-state index contributed by atoms with van der Waals surface area (Å²) in [7, 11) is 0. The largest absolute Gasteiger partial charge is 0.271 e. The molecule has 6 heteroatoms. The van der Waals surface area contributed by atoms with Gasteiger partial charge in [0.15, 0.2) is 0 Å². The molecule has 2 aromatic rings. The highest BCUT2D eigenvalue weighted by molar-refractivity contribution is 9.11. The smallest absolute Gasteiger partial charge is 0.129 e. The van der Waals surface area contributed by atoms with E-state index in [0.29, 0.717) is 10.6 Å². The van der Waals surface area contributed by atoms with Gasteiger partial charge in [0.25, 0.3) is 0 Å². The van der Waals surface area contributed by atoms with Gasteiger partial charge in [-0.05, 0) is 35.9 Å². The summed E-state index contributed by atoms with van der Waals surface area (Å²) in [4.78, 5) is 0. The molecule has 19 heavy (non-hydrogen) atoms. The fourth-order valence-corrected chi connectivity index (χ4v) is 2.83. The first-order valence-corrected chi connectivity index (χ1v) is 7.35. The molecule has 0 heterocycles. The Morgan fingerprint density at radius 3 is 2.47 bits per heavy atom. The minimum Gasteiger partial charge on any atom is -0.271 e. The molecule has 0 aromatic heterocycles. The van der Waals surface area contributed by atoms with E-state index < -0.39 is 11.9 Å². The second-order valence-electron chi connectivity index (χ2n) is 3.93. The Balaban J connectivity index is 2.52. The maximum atomic E-state index is 14.0. The molecule has 0 amide bonds. The van der Waals surface area contributed by atoms with E-state index in [9.17, 15) is 4.39 Å². The van der Waals surface area contributed by atoms with Crippen molar-refractivity contribution in [1.29, 1.82) is 0 Å². The van der Waals surface area contributed by atoms with Crippen molar-refractivity contribution in [3.05, 3.63) is 67.3 Å². The Bertz CT molecular complexity index is 607. The van der Waals surface area contributed by atoms with Crippen LogP contribution in [0.15, 0.2) is 45.3 Å². The third kappa shape index (κ3) is 3.35. The number of hydrogen-bond donors (Lipinski definition) is 2. The van der Waals surface area contributed by atoms with Gasteiger partial charge in [-0.25, -0.2) is 9.82 Å². The molecule has 2 rings (SSSR count). The summed E-state index contributed by atoms with van der Waals surface area (Å²) in [5, 5.41) is 0.352. The molecule has 0 saturated carbocycles. The summed E-state index contributed by atoms with van der Waals surface area (Å²) in [6, 6.07) is 9.70. The molecule has 2 nitrogen and oxygen atoms in total. The van der Waals surface area contributed by atoms with Crippen LogP contribution in [-0.4, -0.2) is 0 Å². The average Bonchev–Trinajstić information content (AvgIpc) is 2.36. The molecule has 1 unspecified atom stereocenters. The summed E-state index contributed by atoms with van der Waals surface area (Å²) >= 11 is 12.6. The van der Waals surface area contributed by atoms with Crippen molar-refractivity contribution in [2.45, 2.75) is 6.04 Å². The molecule has 0 saturated heterocycles. The van der Waals surface area contributed by atoms with Gasteiger partial charge in [-0.2, -0.15) is 0 Å². The lowest BCUT2D eigenvalue weighted by Crippen LogP contribution is -2.29. The van der Waals surface area contributed by atoms with Crippen LogP contribution >= 0.6 is 43.5 Å². The normalized spacial score (nSPS) is 12.5. The topological polar surface area (TPSA) is 38.0 Å². The van der Waals surface area contributed by atoms with Gasteiger partial charge in [0.2, 0.25) is 0 Å². The molecular weight excluding hydrogens is 398 g/mol. The zero-order valence-electron chi connectivity index (χ0n) is 9.63. The third-order valence-electron chi connectivity index (χ3n) is 2.71. The van der Waals surface area contributed by atoms with Crippen LogP contribution < -0.4 is 11.3 Å². The zero-order chi connectivity index (χ0) is 14.0. The second-order valence-corrected chi connectivity index (χ2v) is 6.14. The van der Waals surface area contributed by atoms with Crippen LogP contribution in [0.5, 0.6) is 0 Å². The Kier molecular flexibility index (Phi) is 4.97. The predicted octanol–water partition coefficient (Wildman–Crippen LogP) is 4.56. The Morgan fingerprint density at radius 2 is 1.84 bits per heavy atom. The quantitative estimate of drug-likeness (QED) is 0.577. The second kappa shape index (κ2) is 6.33. The molecule has 0 aliphatic carbocycles. The van der Waals surface area contributed by atoms with Crippen molar-refractivity contribution in [3.8, 4) is 0 Å². The molecule has 0 radical (unpaired) electrons. The molecule has 0 fully saturated rings. The van der Waals surface area contributed by atoms with Crippen LogP contribution in [0.25, 0.3) is 0 Å². The Labute approximate surface area is 132 Å². The molecule has 0 aliphatic heterocycles. The maximum absolute atomic E-state index is 14.0. The zero-order valence-corrected chi connectivity index (χ0v) is 13.6. The van der Waals surface area contributed by atoms with Gasteiger partial charge < -0.3 is 0 Å². The average molecular weight is 408 g/mol. The van der Waals surface area contributed by atoms with Crippen molar-refractivity contribution in [1.82, 2.24) is 5.43 Å². The van der Waals surface area contributed by atoms with Crippen LogP contribution in [0.1, 0.15) is 17.2 Å². The first-order chi connectivity index (χ1) is 9.02. The van der Waals surface area contributed by atoms with Gasteiger partial charge in [0.1, 0.15) is 5.82 Å². The highest BCUT2D eigenvalue weighted by Gasteiger charge is 2.19. The van der Waals surface area contributed by atoms with Crippen molar-refractivity contribution in [2.24, 2.45) is 5.84 Å². The highest BCUT2D eigenvalue weighted by Crippen LogP contribution is 2.32. The lowest BCUT2D eigenvalue weighted by atomic mass is 9.99. The molecule has 0 spiro atoms. The lowest BCUT2D eigenvalue weighted by Gasteiger charge is -2.19. The fraction of sp³-hybridized carbons (Fsp3) is 0.0769. The van der Waals surface area contributed by atoms with Gasteiger partial charge >= 0.3 is 0 Å². The maximum Gasteiger partial charge on any atom is 0.129 e. The molecule has 100 valence electrons. The van der Waals surface area contributed by atoms with Gasteiger partial charge in [-0.15, -0.1) is 0 Å². The molecule has 2 aromatic carbocycles. The van der Waals surface area contributed by atoms with Gasteiger partial charge in [-0.3, -0.25) is 5.84 Å². The van der Waals surface area contributed by atoms with Crippen molar-refractivity contribution >= 4 is 43.5 Å². The third-order valence-corrected chi connectivity index (χ3v) is 4.16. The van der Waals surface area contributed by atoms with Crippen LogP contribution in [0.2, 0.25) is 5.02 Å². The lowest BCUT2D eigenvalue weighted by molar-refractivity contribution is 0.559. The summed E-state index contributed by atoms with van der Waals surface area (Å²) in [5.74, 6) is 5.18. The van der Waals surface area contributed by atoms with E-state index in [0.717, 1.165) is 14.5 Å². The highest BCUT2D eigenvalue weighted by atomic mass is 79.9. The first kappa shape index (κ1) is 14.9. The number of nitrogens with two attached hydrogens (primary N) is 1. The fourth-order valence-electron chi connectivity index (χ4n) is 1.82.